The minimum absolute atomic E-state index is 0.0475. The van der Waals surface area contributed by atoms with E-state index < -0.39 is 4.92 Å². The van der Waals surface area contributed by atoms with E-state index in [1.807, 2.05) is 0 Å². The Kier molecular flexibility index (Phi) is 2.04. The average molecular weight is 190 g/mol. The van der Waals surface area contributed by atoms with Crippen molar-refractivity contribution in [2.45, 2.75) is 19.8 Å². The number of allylic oxidation sites excluding steroid dienone is 2. The van der Waals surface area contributed by atoms with E-state index in [9.17, 15) is 10.1 Å². The molecule has 0 unspecified atom stereocenters. The highest BCUT2D eigenvalue weighted by molar-refractivity contribution is 5.71. The topological polar surface area (TPSA) is 56.0 Å². The lowest BCUT2D eigenvalue weighted by atomic mass is 9.87. The molecule has 1 aliphatic carbocycles. The molecule has 0 aliphatic heterocycles. The largest absolute Gasteiger partial charge is 0.287 e. The Balaban J connectivity index is 2.31. The summed E-state index contributed by atoms with van der Waals surface area (Å²) in [6.07, 6.45) is 3.47. The first-order valence-electron chi connectivity index (χ1n) is 4.48. The molecule has 0 fully saturated rings. The number of nitro groups is 1. The molecule has 0 amide bonds. The van der Waals surface area contributed by atoms with Gasteiger partial charge >= 0.3 is 0 Å². The fourth-order valence-corrected chi connectivity index (χ4v) is 1.52. The molecule has 14 heavy (non-hydrogen) atoms. The van der Waals surface area contributed by atoms with Crippen LogP contribution in [0.15, 0.2) is 23.9 Å². The maximum atomic E-state index is 10.4. The van der Waals surface area contributed by atoms with Gasteiger partial charge in [0.15, 0.2) is 0 Å². The lowest BCUT2D eigenvalue weighted by molar-refractivity contribution is -0.385. The molecule has 1 aromatic rings. The van der Waals surface area contributed by atoms with E-state index in [2.05, 4.69) is 11.9 Å². The van der Waals surface area contributed by atoms with Crippen molar-refractivity contribution in [3.63, 3.8) is 0 Å². The van der Waals surface area contributed by atoms with E-state index in [1.54, 1.807) is 6.07 Å². The van der Waals surface area contributed by atoms with E-state index in [-0.39, 0.29) is 5.69 Å². The highest BCUT2D eigenvalue weighted by atomic mass is 16.6. The molecule has 0 spiro atoms. The van der Waals surface area contributed by atoms with Crippen molar-refractivity contribution in [1.82, 2.24) is 4.98 Å². The van der Waals surface area contributed by atoms with Crippen molar-refractivity contribution in [2.75, 3.05) is 0 Å². The predicted molar refractivity (Wildman–Crippen MR) is 52.7 cm³/mol. The number of hydrogen-bond donors (Lipinski definition) is 0. The molecule has 4 nitrogen and oxygen atoms in total. The van der Waals surface area contributed by atoms with Gasteiger partial charge in [0, 0.05) is 6.07 Å². The zero-order valence-electron chi connectivity index (χ0n) is 7.86. The molecule has 4 heteroatoms. The molecule has 0 atom stereocenters. The molecule has 72 valence electrons. The van der Waals surface area contributed by atoms with Crippen LogP contribution >= 0.6 is 0 Å². The third kappa shape index (κ3) is 1.39. The minimum atomic E-state index is -0.432. The highest BCUT2D eigenvalue weighted by Gasteiger charge is 2.16. The van der Waals surface area contributed by atoms with Gasteiger partial charge in [-0.2, -0.15) is 0 Å². The Morgan fingerprint density at radius 3 is 2.57 bits per heavy atom. The van der Waals surface area contributed by atoms with Crippen molar-refractivity contribution in [3.8, 4) is 0 Å². The van der Waals surface area contributed by atoms with Gasteiger partial charge in [-0.15, -0.1) is 0 Å². The Bertz CT molecular complexity index is 407. The number of aromatic nitrogens is 1. The minimum Gasteiger partial charge on any atom is -0.258 e. The van der Waals surface area contributed by atoms with Gasteiger partial charge in [-0.05, 0) is 31.4 Å². The van der Waals surface area contributed by atoms with Crippen LogP contribution in [-0.4, -0.2) is 9.91 Å². The third-order valence-electron chi connectivity index (χ3n) is 2.53. The SMILES string of the molecule is CC1=C(c2ccc([N+](=O)[O-])cn2)CC1. The van der Waals surface area contributed by atoms with Crippen LogP contribution in [0, 0.1) is 10.1 Å². The van der Waals surface area contributed by atoms with Gasteiger partial charge in [0.05, 0.1) is 10.6 Å². The number of hydrogen-bond acceptors (Lipinski definition) is 3. The van der Waals surface area contributed by atoms with Crippen LogP contribution in [0.5, 0.6) is 0 Å². The van der Waals surface area contributed by atoms with E-state index in [4.69, 9.17) is 0 Å². The van der Waals surface area contributed by atoms with Gasteiger partial charge in [-0.1, -0.05) is 5.57 Å². The normalized spacial score (nSPS) is 15.2. The van der Waals surface area contributed by atoms with E-state index in [1.165, 1.54) is 23.4 Å². The highest BCUT2D eigenvalue weighted by Crippen LogP contribution is 2.34. The first-order valence-corrected chi connectivity index (χ1v) is 4.48. The van der Waals surface area contributed by atoms with Crippen LogP contribution in [0.4, 0.5) is 5.69 Å². The Labute approximate surface area is 81.4 Å². The zero-order chi connectivity index (χ0) is 10.1. The smallest absolute Gasteiger partial charge is 0.258 e. The van der Waals surface area contributed by atoms with Gasteiger partial charge in [0.2, 0.25) is 0 Å². The van der Waals surface area contributed by atoms with Crippen molar-refractivity contribution in [1.29, 1.82) is 0 Å². The lowest BCUT2D eigenvalue weighted by Crippen LogP contribution is -2.02. The summed E-state index contributed by atoms with van der Waals surface area (Å²) in [4.78, 5) is 14.0. The monoisotopic (exact) mass is 190 g/mol. The fourth-order valence-electron chi connectivity index (χ4n) is 1.52. The van der Waals surface area contributed by atoms with Gasteiger partial charge in [0.1, 0.15) is 6.20 Å². The van der Waals surface area contributed by atoms with E-state index >= 15 is 0 Å². The maximum absolute atomic E-state index is 10.4. The molecule has 2 rings (SSSR count). The standard InChI is InChI=1S/C10H10N2O2/c1-7-2-4-9(7)10-5-3-8(6-11-10)12(13)14/h3,5-6H,2,4H2,1H3. The summed E-state index contributed by atoms with van der Waals surface area (Å²) in [5, 5.41) is 10.4. The molecule has 1 heterocycles. The average Bonchev–Trinajstić information content (AvgIpc) is 2.16. The molecule has 0 aromatic carbocycles. The Morgan fingerprint density at radius 1 is 1.43 bits per heavy atom. The number of nitrogens with zero attached hydrogens (tertiary/aromatic N) is 2. The lowest BCUT2D eigenvalue weighted by Gasteiger charge is -2.19. The molecule has 0 radical (unpaired) electrons. The fraction of sp³-hybridized carbons (Fsp3) is 0.300. The molecule has 0 bridgehead atoms. The van der Waals surface area contributed by atoms with Crippen LogP contribution in [0.1, 0.15) is 25.5 Å². The summed E-state index contributed by atoms with van der Waals surface area (Å²) in [5.74, 6) is 0. The first kappa shape index (κ1) is 8.87. The second-order valence-corrected chi connectivity index (χ2v) is 3.42. The van der Waals surface area contributed by atoms with Crippen molar-refractivity contribution in [3.05, 3.63) is 39.7 Å². The zero-order valence-corrected chi connectivity index (χ0v) is 7.86. The molecule has 1 aromatic heterocycles. The maximum Gasteiger partial charge on any atom is 0.287 e. The van der Waals surface area contributed by atoms with Gasteiger partial charge in [-0.25, -0.2) is 4.98 Å². The second-order valence-electron chi connectivity index (χ2n) is 3.42. The molecule has 1 aliphatic rings. The van der Waals surface area contributed by atoms with Gasteiger partial charge in [-0.3, -0.25) is 10.1 Å². The summed E-state index contributed by atoms with van der Waals surface area (Å²) in [6, 6.07) is 3.22. The Hall–Kier alpha value is -1.71. The van der Waals surface area contributed by atoms with Crippen molar-refractivity contribution in [2.24, 2.45) is 0 Å². The van der Waals surface area contributed by atoms with E-state index in [0.29, 0.717) is 0 Å². The van der Waals surface area contributed by atoms with Crippen LogP contribution in [0.25, 0.3) is 5.57 Å². The predicted octanol–water partition coefficient (Wildman–Crippen LogP) is 2.56. The quantitative estimate of drug-likeness (QED) is 0.532. The van der Waals surface area contributed by atoms with Crippen LogP contribution in [0.2, 0.25) is 0 Å². The van der Waals surface area contributed by atoms with E-state index in [0.717, 1.165) is 18.5 Å². The Morgan fingerprint density at radius 2 is 2.21 bits per heavy atom. The third-order valence-corrected chi connectivity index (χ3v) is 2.53. The summed E-state index contributed by atoms with van der Waals surface area (Å²) < 4.78 is 0. The van der Waals surface area contributed by atoms with Crippen LogP contribution < -0.4 is 0 Å². The first-order chi connectivity index (χ1) is 6.68. The molecular weight excluding hydrogens is 180 g/mol. The summed E-state index contributed by atoms with van der Waals surface area (Å²) in [6.45, 7) is 2.07. The molecule has 0 saturated carbocycles. The summed E-state index contributed by atoms with van der Waals surface area (Å²) in [5.41, 5.74) is 3.50. The van der Waals surface area contributed by atoms with Gasteiger partial charge < -0.3 is 0 Å². The molecular formula is C10H10N2O2. The van der Waals surface area contributed by atoms with Crippen LogP contribution in [-0.2, 0) is 0 Å². The number of pyridine rings is 1. The van der Waals surface area contributed by atoms with Crippen molar-refractivity contribution >= 4 is 11.3 Å². The summed E-state index contributed by atoms with van der Waals surface area (Å²) >= 11 is 0. The van der Waals surface area contributed by atoms with Gasteiger partial charge in [0.25, 0.3) is 5.69 Å². The van der Waals surface area contributed by atoms with Crippen LogP contribution in [0.3, 0.4) is 0 Å². The molecule has 0 saturated heterocycles. The number of rotatable bonds is 2. The molecule has 0 N–H and O–H groups in total. The second kappa shape index (κ2) is 3.21. The summed E-state index contributed by atoms with van der Waals surface area (Å²) in [7, 11) is 0. The van der Waals surface area contributed by atoms with Crippen molar-refractivity contribution < 1.29 is 4.92 Å².